The zero-order chi connectivity index (χ0) is 19.3. The number of carbonyl (C=O) groups is 3. The molecular weight excluding hydrogens is 334 g/mol. The number of aryl methyl sites for hydroxylation is 2. The normalized spacial score (nSPS) is 11.5. The number of furan rings is 1. The third kappa shape index (κ3) is 4.72. The summed E-state index contributed by atoms with van der Waals surface area (Å²) in [7, 11) is 1.52. The Hall–Kier alpha value is -3.09. The topological polar surface area (TPSA) is 91.7 Å². The number of benzene rings is 1. The quantitative estimate of drug-likeness (QED) is 0.828. The van der Waals surface area contributed by atoms with Gasteiger partial charge in [-0.2, -0.15) is 0 Å². The number of nitrogens with zero attached hydrogens (tertiary/aromatic N) is 1. The average Bonchev–Trinajstić information content (AvgIpc) is 3.12. The van der Waals surface area contributed by atoms with Crippen LogP contribution in [0.4, 0.5) is 5.69 Å². The van der Waals surface area contributed by atoms with Crippen LogP contribution in [0.5, 0.6) is 0 Å². The van der Waals surface area contributed by atoms with Gasteiger partial charge in [-0.15, -0.1) is 0 Å². The van der Waals surface area contributed by atoms with E-state index in [4.69, 9.17) is 4.42 Å². The number of carbonyl (C=O) groups excluding carboxylic acids is 3. The minimum atomic E-state index is -0.786. The van der Waals surface area contributed by atoms with Crippen LogP contribution in [0.1, 0.15) is 28.6 Å². The summed E-state index contributed by atoms with van der Waals surface area (Å²) in [5, 5.41) is 5.38. The van der Waals surface area contributed by atoms with Gasteiger partial charge < -0.3 is 20.0 Å². The molecule has 7 heteroatoms. The van der Waals surface area contributed by atoms with E-state index in [0.29, 0.717) is 0 Å². The minimum Gasteiger partial charge on any atom is -0.459 e. The second kappa shape index (κ2) is 8.33. The van der Waals surface area contributed by atoms with E-state index in [9.17, 15) is 14.4 Å². The fourth-order valence-corrected chi connectivity index (χ4v) is 2.55. The SMILES string of the molecule is Cc1cccc(C)c1NC(=O)CN(C)C(=O)[C@@H](C)NC(=O)c1ccco1. The highest BCUT2D eigenvalue weighted by molar-refractivity contribution is 5.98. The molecule has 1 heterocycles. The van der Waals surface area contributed by atoms with Gasteiger partial charge in [0.1, 0.15) is 6.04 Å². The summed E-state index contributed by atoms with van der Waals surface area (Å²) in [6.07, 6.45) is 1.38. The van der Waals surface area contributed by atoms with E-state index in [0.717, 1.165) is 16.8 Å². The lowest BCUT2D eigenvalue weighted by Gasteiger charge is -2.22. The van der Waals surface area contributed by atoms with Crippen LogP contribution in [0, 0.1) is 13.8 Å². The van der Waals surface area contributed by atoms with Crippen LogP contribution >= 0.6 is 0 Å². The summed E-state index contributed by atoms with van der Waals surface area (Å²) in [5.74, 6) is -1.03. The molecule has 26 heavy (non-hydrogen) atoms. The van der Waals surface area contributed by atoms with Crippen LogP contribution in [0.15, 0.2) is 41.0 Å². The van der Waals surface area contributed by atoms with E-state index < -0.39 is 11.9 Å². The van der Waals surface area contributed by atoms with Gasteiger partial charge in [-0.05, 0) is 44.0 Å². The lowest BCUT2D eigenvalue weighted by atomic mass is 10.1. The molecule has 0 radical (unpaired) electrons. The monoisotopic (exact) mass is 357 g/mol. The summed E-state index contributed by atoms with van der Waals surface area (Å²) >= 11 is 0. The summed E-state index contributed by atoms with van der Waals surface area (Å²) in [5.41, 5.74) is 2.65. The third-order valence-electron chi connectivity index (χ3n) is 3.97. The van der Waals surface area contributed by atoms with Crippen molar-refractivity contribution in [3.05, 3.63) is 53.5 Å². The standard InChI is InChI=1S/C19H23N3O4/c1-12-7-5-8-13(2)17(12)21-16(23)11-22(4)19(25)14(3)20-18(24)15-9-6-10-26-15/h5-10,14H,11H2,1-4H3,(H,20,24)(H,21,23)/t14-/m1/s1. The van der Waals surface area contributed by atoms with Crippen molar-refractivity contribution in [1.29, 1.82) is 0 Å². The summed E-state index contributed by atoms with van der Waals surface area (Å²) < 4.78 is 4.99. The first kappa shape index (κ1) is 19.2. The number of hydrogen-bond donors (Lipinski definition) is 2. The molecule has 3 amide bonds. The van der Waals surface area contributed by atoms with Crippen LogP contribution in [0.3, 0.4) is 0 Å². The number of nitrogens with one attached hydrogen (secondary N) is 2. The maximum Gasteiger partial charge on any atom is 0.287 e. The average molecular weight is 357 g/mol. The predicted octanol–water partition coefficient (Wildman–Crippen LogP) is 2.11. The molecule has 1 aromatic carbocycles. The molecule has 138 valence electrons. The Morgan fingerprint density at radius 3 is 2.35 bits per heavy atom. The highest BCUT2D eigenvalue weighted by atomic mass is 16.3. The molecule has 0 aliphatic carbocycles. The fraction of sp³-hybridized carbons (Fsp3) is 0.316. The summed E-state index contributed by atoms with van der Waals surface area (Å²) in [6.45, 7) is 5.25. The maximum absolute atomic E-state index is 12.4. The van der Waals surface area contributed by atoms with E-state index in [1.165, 1.54) is 24.3 Å². The van der Waals surface area contributed by atoms with Crippen LogP contribution < -0.4 is 10.6 Å². The number of anilines is 1. The fourth-order valence-electron chi connectivity index (χ4n) is 2.55. The Bertz CT molecular complexity index is 779. The second-order valence-electron chi connectivity index (χ2n) is 6.18. The number of hydrogen-bond acceptors (Lipinski definition) is 4. The van der Waals surface area contributed by atoms with Gasteiger partial charge in [0, 0.05) is 12.7 Å². The van der Waals surface area contributed by atoms with Crippen LogP contribution in [-0.2, 0) is 9.59 Å². The van der Waals surface area contributed by atoms with Gasteiger partial charge >= 0.3 is 0 Å². The molecule has 7 nitrogen and oxygen atoms in total. The van der Waals surface area contributed by atoms with Crippen molar-refractivity contribution in [1.82, 2.24) is 10.2 Å². The summed E-state index contributed by atoms with van der Waals surface area (Å²) in [6, 6.07) is 8.04. The first-order chi connectivity index (χ1) is 12.3. The highest BCUT2D eigenvalue weighted by Crippen LogP contribution is 2.19. The van der Waals surface area contributed by atoms with Crippen molar-refractivity contribution in [2.75, 3.05) is 18.9 Å². The predicted molar refractivity (Wildman–Crippen MR) is 97.8 cm³/mol. The van der Waals surface area contributed by atoms with Crippen molar-refractivity contribution in [2.24, 2.45) is 0 Å². The molecule has 0 fully saturated rings. The van der Waals surface area contributed by atoms with Crippen molar-refractivity contribution in [3.8, 4) is 0 Å². The molecule has 0 spiro atoms. The van der Waals surface area contributed by atoms with Gasteiger partial charge in [-0.1, -0.05) is 18.2 Å². The molecule has 2 N–H and O–H groups in total. The molecule has 2 rings (SSSR count). The van der Waals surface area contributed by atoms with Gasteiger partial charge in [-0.25, -0.2) is 0 Å². The Kier molecular flexibility index (Phi) is 6.16. The lowest BCUT2D eigenvalue weighted by Crippen LogP contribution is -2.47. The number of likely N-dealkylation sites (N-methyl/N-ethyl adjacent to an activating group) is 1. The van der Waals surface area contributed by atoms with E-state index in [1.54, 1.807) is 13.0 Å². The molecule has 0 saturated carbocycles. The molecule has 1 aromatic heterocycles. The highest BCUT2D eigenvalue weighted by Gasteiger charge is 2.22. The Morgan fingerprint density at radius 1 is 1.12 bits per heavy atom. The molecule has 0 aliphatic heterocycles. The number of para-hydroxylation sites is 1. The molecule has 0 aliphatic rings. The van der Waals surface area contributed by atoms with Crippen LogP contribution in [0.25, 0.3) is 0 Å². The first-order valence-electron chi connectivity index (χ1n) is 8.25. The Labute approximate surface area is 152 Å². The van der Waals surface area contributed by atoms with E-state index in [2.05, 4.69) is 10.6 Å². The van der Waals surface area contributed by atoms with Crippen molar-refractivity contribution < 1.29 is 18.8 Å². The van der Waals surface area contributed by atoms with E-state index >= 15 is 0 Å². The molecule has 1 atom stereocenters. The van der Waals surface area contributed by atoms with Crippen molar-refractivity contribution in [2.45, 2.75) is 26.8 Å². The number of rotatable bonds is 6. The number of amides is 3. The molecule has 0 saturated heterocycles. The molecule has 0 bridgehead atoms. The molecule has 0 unspecified atom stereocenters. The van der Waals surface area contributed by atoms with Gasteiger partial charge in [-0.3, -0.25) is 14.4 Å². The molecular formula is C19H23N3O4. The van der Waals surface area contributed by atoms with Gasteiger partial charge in [0.15, 0.2) is 5.76 Å². The Morgan fingerprint density at radius 2 is 1.77 bits per heavy atom. The minimum absolute atomic E-state index is 0.117. The van der Waals surface area contributed by atoms with Crippen molar-refractivity contribution in [3.63, 3.8) is 0 Å². The van der Waals surface area contributed by atoms with E-state index in [1.807, 2.05) is 32.0 Å². The maximum atomic E-state index is 12.4. The third-order valence-corrected chi connectivity index (χ3v) is 3.97. The van der Waals surface area contributed by atoms with Gasteiger partial charge in [0.2, 0.25) is 11.8 Å². The second-order valence-corrected chi connectivity index (χ2v) is 6.18. The van der Waals surface area contributed by atoms with Crippen molar-refractivity contribution >= 4 is 23.4 Å². The van der Waals surface area contributed by atoms with E-state index in [-0.39, 0.29) is 24.1 Å². The zero-order valence-corrected chi connectivity index (χ0v) is 15.3. The smallest absolute Gasteiger partial charge is 0.287 e. The van der Waals surface area contributed by atoms with Gasteiger partial charge in [0.25, 0.3) is 5.91 Å². The summed E-state index contributed by atoms with van der Waals surface area (Å²) in [4.78, 5) is 37.8. The largest absolute Gasteiger partial charge is 0.459 e. The van der Waals surface area contributed by atoms with Gasteiger partial charge in [0.05, 0.1) is 12.8 Å². The zero-order valence-electron chi connectivity index (χ0n) is 15.3. The Balaban J connectivity index is 1.91. The first-order valence-corrected chi connectivity index (χ1v) is 8.25. The molecule has 2 aromatic rings. The van der Waals surface area contributed by atoms with Crippen LogP contribution in [0.2, 0.25) is 0 Å². The van der Waals surface area contributed by atoms with Crippen LogP contribution in [-0.4, -0.2) is 42.3 Å². The lowest BCUT2D eigenvalue weighted by molar-refractivity contribution is -0.134.